The summed E-state index contributed by atoms with van der Waals surface area (Å²) < 4.78 is 45.3. The van der Waals surface area contributed by atoms with Crippen LogP contribution in [-0.4, -0.2) is 61.5 Å². The van der Waals surface area contributed by atoms with Gasteiger partial charge in [-0.15, -0.1) is 0 Å². The highest BCUT2D eigenvalue weighted by Gasteiger charge is 2.31. The number of nitrogens with zero attached hydrogens (tertiary/aromatic N) is 7. The number of halogens is 3. The molecule has 1 aliphatic rings. The minimum atomic E-state index is -4.39. The van der Waals surface area contributed by atoms with Gasteiger partial charge in [0.05, 0.1) is 31.1 Å². The van der Waals surface area contributed by atoms with Crippen LogP contribution in [0.4, 0.5) is 19.0 Å². The minimum absolute atomic E-state index is 0.00416. The van der Waals surface area contributed by atoms with Gasteiger partial charge < -0.3 is 14.2 Å². The maximum absolute atomic E-state index is 12.9. The van der Waals surface area contributed by atoms with Crippen molar-refractivity contribution in [3.05, 3.63) is 25.0 Å². The van der Waals surface area contributed by atoms with Gasteiger partial charge in [-0.25, -0.2) is 24.9 Å². The van der Waals surface area contributed by atoms with Crippen LogP contribution in [0.1, 0.15) is 6.92 Å². The molecule has 0 N–H and O–H groups in total. The fraction of sp³-hybridized carbons (Fsp3) is 0.438. The van der Waals surface area contributed by atoms with Crippen LogP contribution in [0.5, 0.6) is 0 Å². The maximum Gasteiger partial charge on any atom is 0.406 e. The molecule has 1 fully saturated rings. The van der Waals surface area contributed by atoms with Crippen molar-refractivity contribution in [1.29, 1.82) is 0 Å². The normalized spacial score (nSPS) is 18.2. The van der Waals surface area contributed by atoms with Crippen LogP contribution in [-0.2, 0) is 11.3 Å². The molecular formula is C16H16F3N7O. The second-order valence-corrected chi connectivity index (χ2v) is 6.28. The number of alkyl halides is 3. The molecule has 0 spiro atoms. The number of morpholine rings is 1. The molecule has 0 amide bonds. The van der Waals surface area contributed by atoms with E-state index < -0.39 is 12.7 Å². The predicted octanol–water partition coefficient (Wildman–Crippen LogP) is 2.07. The predicted molar refractivity (Wildman–Crippen MR) is 90.0 cm³/mol. The van der Waals surface area contributed by atoms with Crippen LogP contribution in [0, 0.1) is 0 Å². The Bertz CT molecular complexity index is 944. The summed E-state index contributed by atoms with van der Waals surface area (Å²) in [4.78, 5) is 22.9. The summed E-state index contributed by atoms with van der Waals surface area (Å²) in [7, 11) is 0. The maximum atomic E-state index is 12.9. The van der Waals surface area contributed by atoms with Crippen molar-refractivity contribution >= 4 is 17.0 Å². The molecule has 4 rings (SSSR count). The molecule has 3 aromatic heterocycles. The van der Waals surface area contributed by atoms with E-state index >= 15 is 0 Å². The number of anilines is 1. The number of fused-ring (bicyclic) bond motifs is 1. The highest BCUT2D eigenvalue weighted by molar-refractivity contribution is 5.86. The molecule has 1 aliphatic heterocycles. The summed E-state index contributed by atoms with van der Waals surface area (Å²) in [6.45, 7) is 2.35. The first-order chi connectivity index (χ1) is 12.9. The van der Waals surface area contributed by atoms with Gasteiger partial charge in [0.25, 0.3) is 0 Å². The third-order valence-electron chi connectivity index (χ3n) is 4.25. The zero-order valence-corrected chi connectivity index (χ0v) is 14.4. The third kappa shape index (κ3) is 3.54. The molecular weight excluding hydrogens is 363 g/mol. The zero-order chi connectivity index (χ0) is 19.0. The molecule has 1 atom stereocenters. The Morgan fingerprint density at radius 2 is 2.00 bits per heavy atom. The van der Waals surface area contributed by atoms with Gasteiger partial charge >= 0.3 is 6.18 Å². The van der Waals surface area contributed by atoms with Crippen molar-refractivity contribution in [3.8, 4) is 11.4 Å². The SMILES string of the molecule is C[C@H]1COCCN1c1nc(-c2cncnc2)nc2c1ncn2CC(F)(F)F. The molecule has 4 heterocycles. The molecule has 0 bridgehead atoms. The summed E-state index contributed by atoms with van der Waals surface area (Å²) >= 11 is 0. The Balaban J connectivity index is 1.90. The second-order valence-electron chi connectivity index (χ2n) is 6.28. The van der Waals surface area contributed by atoms with Gasteiger partial charge in [0.2, 0.25) is 0 Å². The Morgan fingerprint density at radius 3 is 2.70 bits per heavy atom. The lowest BCUT2D eigenvalue weighted by Crippen LogP contribution is -2.44. The number of rotatable bonds is 3. The molecule has 0 saturated carbocycles. The summed E-state index contributed by atoms with van der Waals surface area (Å²) in [6, 6.07) is 0.00416. The van der Waals surface area contributed by atoms with Crippen LogP contribution in [0.25, 0.3) is 22.6 Å². The van der Waals surface area contributed by atoms with Crippen molar-refractivity contribution in [3.63, 3.8) is 0 Å². The highest BCUT2D eigenvalue weighted by Crippen LogP contribution is 2.30. The lowest BCUT2D eigenvalue weighted by Gasteiger charge is -2.34. The first-order valence-electron chi connectivity index (χ1n) is 8.32. The van der Waals surface area contributed by atoms with Gasteiger partial charge in [0.1, 0.15) is 12.9 Å². The topological polar surface area (TPSA) is 81.8 Å². The van der Waals surface area contributed by atoms with Crippen molar-refractivity contribution in [1.82, 2.24) is 29.5 Å². The van der Waals surface area contributed by atoms with Crippen LogP contribution in [0.2, 0.25) is 0 Å². The van der Waals surface area contributed by atoms with E-state index in [2.05, 4.69) is 24.9 Å². The summed E-state index contributed by atoms with van der Waals surface area (Å²) in [5, 5.41) is 0. The molecule has 142 valence electrons. The summed E-state index contributed by atoms with van der Waals surface area (Å²) in [6.07, 6.45) is 1.16. The zero-order valence-electron chi connectivity index (χ0n) is 14.4. The van der Waals surface area contributed by atoms with E-state index in [4.69, 9.17) is 4.74 Å². The first kappa shape index (κ1) is 17.6. The van der Waals surface area contributed by atoms with Crippen LogP contribution >= 0.6 is 0 Å². The van der Waals surface area contributed by atoms with E-state index in [1.165, 1.54) is 18.7 Å². The molecule has 0 aromatic carbocycles. The van der Waals surface area contributed by atoms with E-state index in [1.54, 1.807) is 0 Å². The van der Waals surface area contributed by atoms with Gasteiger partial charge in [-0.2, -0.15) is 13.2 Å². The number of hydrogen-bond acceptors (Lipinski definition) is 7. The lowest BCUT2D eigenvalue weighted by molar-refractivity contribution is -0.140. The van der Waals surface area contributed by atoms with Gasteiger partial charge in [0, 0.05) is 18.9 Å². The average Bonchev–Trinajstić information content (AvgIpc) is 3.03. The lowest BCUT2D eigenvalue weighted by atomic mass is 10.2. The average molecular weight is 379 g/mol. The molecule has 8 nitrogen and oxygen atoms in total. The summed E-state index contributed by atoms with van der Waals surface area (Å²) in [5.41, 5.74) is 0.963. The first-order valence-corrected chi connectivity index (χ1v) is 8.32. The Kier molecular flexibility index (Phi) is 4.38. The van der Waals surface area contributed by atoms with Crippen molar-refractivity contribution in [2.24, 2.45) is 0 Å². The van der Waals surface area contributed by atoms with Crippen molar-refractivity contribution in [2.75, 3.05) is 24.7 Å². The standard InChI is InChI=1S/C16H16F3N7O/c1-10-6-27-3-2-26(10)15-12-14(25(9-22-12)7-16(17,18)19)23-13(24-15)11-4-20-8-21-5-11/h4-5,8-10H,2-3,6-7H2,1H3/t10-/m0/s1. The van der Waals surface area contributed by atoms with E-state index in [9.17, 15) is 13.2 Å². The molecule has 0 unspecified atom stereocenters. The number of aromatic nitrogens is 6. The van der Waals surface area contributed by atoms with Gasteiger partial charge in [-0.1, -0.05) is 0 Å². The molecule has 0 aliphatic carbocycles. The van der Waals surface area contributed by atoms with E-state index in [-0.39, 0.29) is 17.5 Å². The van der Waals surface area contributed by atoms with Gasteiger partial charge in [-0.3, -0.25) is 0 Å². The molecule has 1 saturated heterocycles. The van der Waals surface area contributed by atoms with Crippen LogP contribution < -0.4 is 4.90 Å². The largest absolute Gasteiger partial charge is 0.406 e. The van der Waals surface area contributed by atoms with Gasteiger partial charge in [0.15, 0.2) is 22.8 Å². The monoisotopic (exact) mass is 379 g/mol. The number of hydrogen-bond donors (Lipinski definition) is 0. The van der Waals surface area contributed by atoms with E-state index in [0.29, 0.717) is 36.7 Å². The minimum Gasteiger partial charge on any atom is -0.377 e. The Hall–Kier alpha value is -2.82. The Morgan fingerprint density at radius 1 is 1.22 bits per heavy atom. The molecule has 0 radical (unpaired) electrons. The van der Waals surface area contributed by atoms with Crippen molar-refractivity contribution in [2.45, 2.75) is 25.7 Å². The fourth-order valence-electron chi connectivity index (χ4n) is 3.02. The van der Waals surface area contributed by atoms with Gasteiger partial charge in [-0.05, 0) is 6.92 Å². The van der Waals surface area contributed by atoms with Crippen LogP contribution in [0.3, 0.4) is 0 Å². The number of ether oxygens (including phenoxy) is 1. The van der Waals surface area contributed by atoms with Crippen LogP contribution in [0.15, 0.2) is 25.0 Å². The van der Waals surface area contributed by atoms with E-state index in [1.807, 2.05) is 11.8 Å². The number of imidazole rings is 1. The molecule has 3 aromatic rings. The molecule has 27 heavy (non-hydrogen) atoms. The fourth-order valence-corrected chi connectivity index (χ4v) is 3.02. The van der Waals surface area contributed by atoms with E-state index in [0.717, 1.165) is 10.9 Å². The smallest absolute Gasteiger partial charge is 0.377 e. The third-order valence-corrected chi connectivity index (χ3v) is 4.25. The Labute approximate surface area is 152 Å². The molecule has 11 heteroatoms. The van der Waals surface area contributed by atoms with Crippen molar-refractivity contribution < 1.29 is 17.9 Å². The highest BCUT2D eigenvalue weighted by atomic mass is 19.4. The summed E-state index contributed by atoms with van der Waals surface area (Å²) in [5.74, 6) is 0.733. The quantitative estimate of drug-likeness (QED) is 0.689. The second kappa shape index (κ2) is 6.72.